The molecule has 0 aliphatic heterocycles. The van der Waals surface area contributed by atoms with Gasteiger partial charge in [-0.25, -0.2) is 0 Å². The molecule has 54 heavy (non-hydrogen) atoms. The quantitative estimate of drug-likeness (QED) is 0.131. The summed E-state index contributed by atoms with van der Waals surface area (Å²) in [7, 11) is 0. The maximum absolute atomic E-state index is 11.7. The molecule has 0 aromatic heterocycles. The molecular weight excluding hydrogens is 665 g/mol. The van der Waals surface area contributed by atoms with Gasteiger partial charge in [-0.05, 0) is 107 Å². The van der Waals surface area contributed by atoms with Crippen molar-refractivity contribution in [3.63, 3.8) is 0 Å². The molecule has 0 saturated carbocycles. The highest BCUT2D eigenvalue weighted by Crippen LogP contribution is 2.46. The third kappa shape index (κ3) is 6.87. The van der Waals surface area contributed by atoms with Gasteiger partial charge in [0.2, 0.25) is 0 Å². The minimum Gasteiger partial charge on any atom is -0.507 e. The Morgan fingerprint density at radius 1 is 0.370 bits per heavy atom. The summed E-state index contributed by atoms with van der Waals surface area (Å²) in [4.78, 5) is 0. The van der Waals surface area contributed by atoms with Gasteiger partial charge in [-0.1, -0.05) is 121 Å². The Morgan fingerprint density at radius 3 is 1.15 bits per heavy atom. The van der Waals surface area contributed by atoms with Crippen LogP contribution in [0.25, 0.3) is 66.1 Å². The van der Waals surface area contributed by atoms with Crippen LogP contribution >= 0.6 is 0 Å². The number of benzene rings is 8. The number of rotatable bonds is 11. The van der Waals surface area contributed by atoms with E-state index in [0.717, 1.165) is 102 Å². The first-order chi connectivity index (χ1) is 26.5. The van der Waals surface area contributed by atoms with Crippen LogP contribution in [0, 0.1) is 13.8 Å². The van der Waals surface area contributed by atoms with Crippen molar-refractivity contribution in [2.75, 3.05) is 13.2 Å². The average molecular weight is 707 g/mol. The number of unbranched alkanes of at least 4 members (excludes halogenated alkanes) is 1. The SMILES string of the molecule is Cc1cc(-c2ccccc2OCCCCOc2ccccc2-c2cc(C)cc(-c3cccc4ccccc34)c2O)c(O)c(-c2cccc3ccccc23)c1. The van der Waals surface area contributed by atoms with Gasteiger partial charge >= 0.3 is 0 Å². The highest BCUT2D eigenvalue weighted by atomic mass is 16.5. The number of aryl methyl sites for hydroxylation is 2. The fourth-order valence-electron chi connectivity index (χ4n) is 7.50. The largest absolute Gasteiger partial charge is 0.507 e. The second-order valence-corrected chi connectivity index (χ2v) is 13.9. The summed E-state index contributed by atoms with van der Waals surface area (Å²) < 4.78 is 12.7. The number of hydrogen-bond donors (Lipinski definition) is 2. The molecule has 0 heterocycles. The van der Waals surface area contributed by atoms with Crippen molar-refractivity contribution < 1.29 is 19.7 Å². The molecule has 4 heteroatoms. The predicted octanol–water partition coefficient (Wildman–Crippen LogP) is 12.9. The van der Waals surface area contributed by atoms with E-state index in [2.05, 4.69) is 62.4 Å². The molecule has 8 aromatic carbocycles. The first-order valence-corrected chi connectivity index (χ1v) is 18.5. The summed E-state index contributed by atoms with van der Waals surface area (Å²) >= 11 is 0. The lowest BCUT2D eigenvalue weighted by atomic mass is 9.92. The monoisotopic (exact) mass is 706 g/mol. The van der Waals surface area contributed by atoms with Gasteiger partial charge in [0, 0.05) is 33.4 Å². The van der Waals surface area contributed by atoms with Gasteiger partial charge < -0.3 is 19.7 Å². The molecule has 4 nitrogen and oxygen atoms in total. The summed E-state index contributed by atoms with van der Waals surface area (Å²) in [6, 6.07) is 52.9. The Morgan fingerprint density at radius 2 is 0.704 bits per heavy atom. The molecule has 266 valence electrons. The summed E-state index contributed by atoms with van der Waals surface area (Å²) in [5.74, 6) is 1.93. The van der Waals surface area contributed by atoms with Crippen molar-refractivity contribution in [2.45, 2.75) is 26.7 Å². The molecule has 0 spiro atoms. The standard InChI is InChI=1S/C50H42O4/c1-33-29-43(39-23-13-17-35-15-3-5-19-37(35)39)49(51)45(31-33)41-21-7-9-25-47(41)53-27-11-12-28-54-48-26-10-8-22-42(48)46-32-34(2)30-44(50(46)52)40-24-14-18-36-16-4-6-20-38(36)40/h3-10,13-26,29-32,51-52H,11-12,27-28H2,1-2H3. The molecule has 0 saturated heterocycles. The first-order valence-electron chi connectivity index (χ1n) is 18.5. The van der Waals surface area contributed by atoms with E-state index in [1.54, 1.807) is 0 Å². The van der Waals surface area contributed by atoms with Gasteiger partial charge in [0.05, 0.1) is 13.2 Å². The Balaban J connectivity index is 0.964. The fraction of sp³-hybridized carbons (Fsp3) is 0.120. The van der Waals surface area contributed by atoms with Crippen molar-refractivity contribution in [1.29, 1.82) is 0 Å². The number of fused-ring (bicyclic) bond motifs is 2. The highest BCUT2D eigenvalue weighted by Gasteiger charge is 2.19. The van der Waals surface area contributed by atoms with E-state index in [1.165, 1.54) is 0 Å². The summed E-state index contributed by atoms with van der Waals surface area (Å²) in [5, 5.41) is 27.9. The van der Waals surface area contributed by atoms with Crippen molar-refractivity contribution in [1.82, 2.24) is 0 Å². The Hall–Kier alpha value is -6.52. The Labute approximate surface area is 316 Å². The van der Waals surface area contributed by atoms with Crippen LogP contribution in [0.5, 0.6) is 23.0 Å². The summed E-state index contributed by atoms with van der Waals surface area (Å²) in [6.45, 7) is 5.11. The zero-order valence-electron chi connectivity index (χ0n) is 30.6. The molecule has 0 atom stereocenters. The lowest BCUT2D eigenvalue weighted by Gasteiger charge is -2.17. The van der Waals surface area contributed by atoms with E-state index in [4.69, 9.17) is 9.47 Å². The number of aromatic hydroxyl groups is 2. The van der Waals surface area contributed by atoms with Crippen molar-refractivity contribution in [3.05, 3.63) is 169 Å². The third-order valence-corrected chi connectivity index (χ3v) is 10.1. The first kappa shape index (κ1) is 34.6. The van der Waals surface area contributed by atoms with Gasteiger partial charge in [-0.3, -0.25) is 0 Å². The molecule has 0 unspecified atom stereocenters. The van der Waals surface area contributed by atoms with Gasteiger partial charge in [-0.2, -0.15) is 0 Å². The van der Waals surface area contributed by atoms with E-state index in [1.807, 2.05) is 109 Å². The smallest absolute Gasteiger partial charge is 0.131 e. The van der Waals surface area contributed by atoms with Crippen molar-refractivity contribution >= 4 is 21.5 Å². The zero-order valence-corrected chi connectivity index (χ0v) is 30.6. The minimum absolute atomic E-state index is 0.240. The number of ether oxygens (including phenoxy) is 2. The molecule has 2 N–H and O–H groups in total. The van der Waals surface area contributed by atoms with Crippen LogP contribution in [0.4, 0.5) is 0 Å². The molecule has 0 amide bonds. The van der Waals surface area contributed by atoms with E-state index in [9.17, 15) is 10.2 Å². The second kappa shape index (κ2) is 15.2. The lowest BCUT2D eigenvalue weighted by Crippen LogP contribution is -2.04. The Kier molecular flexibility index (Phi) is 9.74. The highest BCUT2D eigenvalue weighted by molar-refractivity contribution is 6.01. The number of phenols is 2. The average Bonchev–Trinajstić information content (AvgIpc) is 3.20. The van der Waals surface area contributed by atoms with Crippen LogP contribution in [-0.2, 0) is 0 Å². The number of hydrogen-bond acceptors (Lipinski definition) is 4. The third-order valence-electron chi connectivity index (χ3n) is 10.1. The fourth-order valence-corrected chi connectivity index (χ4v) is 7.50. The van der Waals surface area contributed by atoms with E-state index in [-0.39, 0.29) is 11.5 Å². The summed E-state index contributed by atoms with van der Waals surface area (Å²) in [6.07, 6.45) is 1.55. The van der Waals surface area contributed by atoms with Crippen molar-refractivity contribution in [3.8, 4) is 67.5 Å². The van der Waals surface area contributed by atoms with Gasteiger partial charge in [0.25, 0.3) is 0 Å². The van der Waals surface area contributed by atoms with Crippen LogP contribution in [0.2, 0.25) is 0 Å². The number of phenolic OH excluding ortho intramolecular Hbond substituents is 2. The van der Waals surface area contributed by atoms with Crippen LogP contribution < -0.4 is 9.47 Å². The summed E-state index contributed by atoms with van der Waals surface area (Å²) in [5.41, 5.74) is 8.92. The van der Waals surface area contributed by atoms with E-state index in [0.29, 0.717) is 13.2 Å². The second-order valence-electron chi connectivity index (χ2n) is 13.9. The number of para-hydroxylation sites is 2. The molecular formula is C50H42O4. The normalized spacial score (nSPS) is 11.2. The molecule has 8 rings (SSSR count). The van der Waals surface area contributed by atoms with Gasteiger partial charge in [0.15, 0.2) is 0 Å². The van der Waals surface area contributed by atoms with E-state index >= 15 is 0 Å². The molecule has 0 bridgehead atoms. The molecule has 0 fully saturated rings. The minimum atomic E-state index is 0.240. The van der Waals surface area contributed by atoms with Gasteiger partial charge in [0.1, 0.15) is 23.0 Å². The molecule has 0 radical (unpaired) electrons. The molecule has 0 aliphatic carbocycles. The Bertz CT molecular complexity index is 2430. The molecule has 0 aliphatic rings. The topological polar surface area (TPSA) is 58.9 Å². The maximum Gasteiger partial charge on any atom is 0.131 e. The maximum atomic E-state index is 11.7. The zero-order chi connectivity index (χ0) is 37.0. The van der Waals surface area contributed by atoms with Crippen LogP contribution in [0.15, 0.2) is 158 Å². The van der Waals surface area contributed by atoms with Crippen LogP contribution in [0.3, 0.4) is 0 Å². The lowest BCUT2D eigenvalue weighted by molar-refractivity contribution is 0.267. The molecule has 8 aromatic rings. The van der Waals surface area contributed by atoms with Crippen LogP contribution in [0.1, 0.15) is 24.0 Å². The van der Waals surface area contributed by atoms with Crippen molar-refractivity contribution in [2.24, 2.45) is 0 Å². The van der Waals surface area contributed by atoms with Gasteiger partial charge in [-0.15, -0.1) is 0 Å². The predicted molar refractivity (Wildman–Crippen MR) is 223 cm³/mol. The van der Waals surface area contributed by atoms with E-state index < -0.39 is 0 Å². The van der Waals surface area contributed by atoms with Crippen LogP contribution in [-0.4, -0.2) is 23.4 Å².